The van der Waals surface area contributed by atoms with Gasteiger partial charge in [0.05, 0.1) is 0 Å². The SMILES string of the molecule is CC1(C)c2ccccc2-c2cc(-c3[c-]cccc3)ncc21.CC1(C)c2ccccc2-c2ccc(-c3[c-]cccc3)nc21.CC1(C)c2ccccc2-c2ccnc(-c3[c-]cccc3)c21.CC1(C)c2ccccc2-c2cnc(-c3[c-]cccc3)cc21.[Ir].[Ir].[Ir].[Ir].[c-]1ccccc1-c1ccccn1.[c-]1ccccc1-c1ccccn1.[c-]1ccccc1-c1ccccn1.[c-]1ccccc1-c1ccccn1. The van der Waals surface area contributed by atoms with Crippen LogP contribution in [-0.4, -0.2) is 39.9 Å². The van der Waals surface area contributed by atoms with Crippen LogP contribution in [0.2, 0.25) is 0 Å². The molecule has 8 nitrogen and oxygen atoms in total. The van der Waals surface area contributed by atoms with E-state index in [2.05, 4.69) is 290 Å². The van der Waals surface area contributed by atoms with Crippen molar-refractivity contribution in [2.75, 3.05) is 0 Å². The van der Waals surface area contributed by atoms with Crippen LogP contribution in [0.5, 0.6) is 0 Å². The van der Waals surface area contributed by atoms with E-state index in [4.69, 9.17) is 4.98 Å². The van der Waals surface area contributed by atoms with Crippen LogP contribution in [0.4, 0.5) is 0 Å². The van der Waals surface area contributed by atoms with E-state index in [1.165, 1.54) is 89.1 Å². The van der Waals surface area contributed by atoms with Gasteiger partial charge in [0.15, 0.2) is 0 Å². The van der Waals surface area contributed by atoms with Crippen molar-refractivity contribution < 1.29 is 80.4 Å². The van der Waals surface area contributed by atoms with Gasteiger partial charge < -0.3 is 34.9 Å². The first-order valence-corrected chi connectivity index (χ1v) is 44.4. The van der Waals surface area contributed by atoms with Crippen LogP contribution in [0.3, 0.4) is 0 Å². The maximum Gasteiger partial charge on any atom is 0.0475 e. The quantitative estimate of drug-likeness (QED) is 0.139. The van der Waals surface area contributed by atoms with E-state index in [1.54, 1.807) is 24.8 Å². The zero-order valence-electron chi connectivity index (χ0n) is 76.5. The third kappa shape index (κ3) is 22.6. The van der Waals surface area contributed by atoms with E-state index in [0.29, 0.717) is 0 Å². The second kappa shape index (κ2) is 46.6. The van der Waals surface area contributed by atoms with Crippen LogP contribution < -0.4 is 0 Å². The fraction of sp³-hybridized carbons (Fsp3) is 0.0968. The van der Waals surface area contributed by atoms with Crippen molar-refractivity contribution in [2.24, 2.45) is 0 Å². The van der Waals surface area contributed by atoms with Gasteiger partial charge in [-0.2, -0.15) is 0 Å². The van der Waals surface area contributed by atoms with E-state index >= 15 is 0 Å². The zero-order valence-corrected chi connectivity index (χ0v) is 86.1. The summed E-state index contributed by atoms with van der Waals surface area (Å²) in [4.78, 5) is 35.8. The molecular weight excluding hydrogens is 2370 g/mol. The van der Waals surface area contributed by atoms with Gasteiger partial charge in [-0.25, -0.2) is 0 Å². The summed E-state index contributed by atoms with van der Waals surface area (Å²) in [5, 5.41) is 0. The molecule has 8 heterocycles. The van der Waals surface area contributed by atoms with E-state index in [-0.39, 0.29) is 102 Å². The Kier molecular flexibility index (Phi) is 34.2. The maximum absolute atomic E-state index is 4.96. The third-order valence-corrected chi connectivity index (χ3v) is 24.3. The fourth-order valence-corrected chi connectivity index (χ4v) is 17.6. The average Bonchev–Trinajstić information content (AvgIpc) is 1.56. The fourth-order valence-electron chi connectivity index (χ4n) is 17.6. The predicted octanol–water partition coefficient (Wildman–Crippen LogP) is 29.6. The third-order valence-electron chi connectivity index (χ3n) is 24.3. The Morgan fingerprint density at radius 1 is 0.184 bits per heavy atom. The number of aromatic nitrogens is 8. The van der Waals surface area contributed by atoms with Crippen LogP contribution in [0.15, 0.2) is 438 Å². The Morgan fingerprint density at radius 3 is 0.860 bits per heavy atom. The first-order valence-electron chi connectivity index (χ1n) is 44.4. The molecule has 0 saturated heterocycles. The standard InChI is InChI=1S/4C20H16N.4C11H8N.4Ir/c1-20(2)17-11-7-6-10-15(17)16-13-21-19(12-18(16)20)14-8-4-3-5-9-14;1-20(2)17-11-7-6-10-15(17)16-12-19(21-13-18(16)20)14-8-4-3-5-9-14;1-20(2)17-11-7-6-10-15(17)16-12-13-21-19(18(16)20)14-8-4-3-5-9-14;1-20(2)17-11-7-6-10-15(17)16-12-13-18(21-19(16)20)14-8-4-3-5-9-14;4*1-2-6-10(7-3-1)11-8-4-5-9-12-11;;;;/h4*3-8,10-13H,1-2H3;4*1-6,8-9H;;;;/q8*-1;;;;. The number of hydrogen-bond donors (Lipinski definition) is 0. The van der Waals surface area contributed by atoms with E-state index < -0.39 is 0 Å². The monoisotopic (exact) mass is 2470 g/mol. The topological polar surface area (TPSA) is 103 Å². The van der Waals surface area contributed by atoms with Crippen molar-refractivity contribution in [2.45, 2.75) is 77.0 Å². The molecule has 24 rings (SSSR count). The molecule has 0 bridgehead atoms. The first-order chi connectivity index (χ1) is 64.6. The summed E-state index contributed by atoms with van der Waals surface area (Å²) >= 11 is 0. The van der Waals surface area contributed by atoms with Crippen molar-refractivity contribution in [3.05, 3.63) is 531 Å². The molecule has 136 heavy (non-hydrogen) atoms. The van der Waals surface area contributed by atoms with Crippen LogP contribution in [-0.2, 0) is 102 Å². The van der Waals surface area contributed by atoms with Crippen molar-refractivity contribution in [3.63, 3.8) is 0 Å². The van der Waals surface area contributed by atoms with Gasteiger partial charge in [-0.1, -0.05) is 225 Å². The Bertz CT molecular complexity index is 6600. The summed E-state index contributed by atoms with van der Waals surface area (Å²) in [6, 6.07) is 158. The Labute approximate surface area is 855 Å². The molecular formula is C124H96Ir4N8-8. The van der Waals surface area contributed by atoms with E-state index in [0.717, 1.165) is 90.1 Å². The van der Waals surface area contributed by atoms with Crippen molar-refractivity contribution in [1.29, 1.82) is 0 Å². The summed E-state index contributed by atoms with van der Waals surface area (Å²) in [7, 11) is 0. The molecule has 0 unspecified atom stereocenters. The molecule has 0 atom stereocenters. The van der Waals surface area contributed by atoms with E-state index in [1.807, 2.05) is 261 Å². The maximum atomic E-state index is 4.96. The minimum absolute atomic E-state index is 0. The summed E-state index contributed by atoms with van der Waals surface area (Å²) < 4.78 is 0. The smallest absolute Gasteiger partial charge is 0.0475 e. The summed E-state index contributed by atoms with van der Waals surface area (Å²) in [5.74, 6) is 0. The van der Waals surface area contributed by atoms with Gasteiger partial charge in [0.2, 0.25) is 0 Å². The zero-order chi connectivity index (χ0) is 90.7. The number of rotatable bonds is 8. The predicted molar refractivity (Wildman–Crippen MR) is 538 cm³/mol. The molecule has 4 aliphatic carbocycles. The number of pyridine rings is 8. The molecule has 8 aromatic heterocycles. The molecule has 20 aromatic rings. The second-order valence-corrected chi connectivity index (χ2v) is 34.2. The van der Waals surface area contributed by atoms with Gasteiger partial charge in [0.25, 0.3) is 0 Å². The largest absolute Gasteiger partial charge is 0.305 e. The number of nitrogens with zero attached hydrogens (tertiary/aromatic N) is 8. The van der Waals surface area contributed by atoms with Crippen LogP contribution in [0.25, 0.3) is 135 Å². The molecule has 0 spiro atoms. The van der Waals surface area contributed by atoms with Crippen molar-refractivity contribution in [1.82, 2.24) is 39.9 Å². The number of hydrogen-bond acceptors (Lipinski definition) is 8. The Hall–Kier alpha value is -13.6. The van der Waals surface area contributed by atoms with Gasteiger partial charge in [0, 0.05) is 162 Å². The van der Waals surface area contributed by atoms with Gasteiger partial charge in [-0.3, -0.25) is 4.98 Å². The van der Waals surface area contributed by atoms with Gasteiger partial charge in [0.1, 0.15) is 0 Å². The summed E-state index contributed by atoms with van der Waals surface area (Å²) in [5.41, 5.74) is 37.3. The Morgan fingerprint density at radius 2 is 0.485 bits per heavy atom. The summed E-state index contributed by atoms with van der Waals surface area (Å²) in [6.07, 6.45) is 13.1. The molecule has 12 aromatic carbocycles. The second-order valence-electron chi connectivity index (χ2n) is 34.2. The normalized spacial score (nSPS) is 12.4. The average molecular weight is 2470 g/mol. The van der Waals surface area contributed by atoms with Crippen LogP contribution in [0.1, 0.15) is 100 Å². The Balaban J connectivity index is 0.000000133. The summed E-state index contributed by atoms with van der Waals surface area (Å²) in [6.45, 7) is 18.2. The molecule has 4 aliphatic rings. The molecule has 0 saturated carbocycles. The molecule has 0 amide bonds. The number of fused-ring (bicyclic) bond motifs is 12. The van der Waals surface area contributed by atoms with Crippen LogP contribution >= 0.6 is 0 Å². The minimum atomic E-state index is -0.0449. The van der Waals surface area contributed by atoms with Gasteiger partial charge in [-0.15, -0.1) is 287 Å². The van der Waals surface area contributed by atoms with Crippen LogP contribution in [0, 0.1) is 48.5 Å². The van der Waals surface area contributed by atoms with Crippen molar-refractivity contribution in [3.8, 4) is 135 Å². The molecule has 0 fully saturated rings. The minimum Gasteiger partial charge on any atom is -0.305 e. The molecule has 676 valence electrons. The van der Waals surface area contributed by atoms with Gasteiger partial charge >= 0.3 is 0 Å². The molecule has 0 N–H and O–H groups in total. The van der Waals surface area contributed by atoms with E-state index in [9.17, 15) is 0 Å². The van der Waals surface area contributed by atoms with Crippen molar-refractivity contribution >= 4 is 0 Å². The first kappa shape index (κ1) is 99.9. The molecule has 0 aliphatic heterocycles. The number of benzene rings is 12. The van der Waals surface area contributed by atoms with Gasteiger partial charge in [-0.05, 0) is 148 Å². The molecule has 4 radical (unpaired) electrons. The molecule has 12 heteroatoms.